The zero-order valence-electron chi connectivity index (χ0n) is 11.1. The van der Waals surface area contributed by atoms with Crippen molar-refractivity contribution in [3.8, 4) is 0 Å². The third-order valence-electron chi connectivity index (χ3n) is 3.24. The Hall–Kier alpha value is -2.11. The van der Waals surface area contributed by atoms with Crippen LogP contribution in [0.3, 0.4) is 0 Å². The molecule has 0 fully saturated rings. The number of amides is 1. The number of para-hydroxylation sites is 1. The highest BCUT2D eigenvalue weighted by molar-refractivity contribution is 9.10. The van der Waals surface area contributed by atoms with Gasteiger partial charge in [-0.15, -0.1) is 0 Å². The van der Waals surface area contributed by atoms with E-state index in [-0.39, 0.29) is 12.5 Å². The lowest BCUT2D eigenvalue weighted by atomic mass is 10.2. The van der Waals surface area contributed by atoms with Crippen LogP contribution in [0.1, 0.15) is 16.1 Å². The number of hydrogen-bond donors (Lipinski definition) is 3. The number of carbonyl (C=O) groups is 1. The number of aliphatic hydroxyl groups excluding tert-OH is 1. The number of H-pyrrole nitrogens is 1. The SMILES string of the molecule is O=C(Nc1cccc(CO)c1)c1[nH]c2ccccc2c1Br. The number of anilines is 1. The molecule has 21 heavy (non-hydrogen) atoms. The molecule has 0 aliphatic rings. The Bertz CT molecular complexity index is 811. The molecule has 0 aliphatic carbocycles. The maximum Gasteiger partial charge on any atom is 0.273 e. The van der Waals surface area contributed by atoms with Crippen molar-refractivity contribution in [2.45, 2.75) is 6.61 Å². The molecule has 2 aromatic carbocycles. The van der Waals surface area contributed by atoms with Crippen LogP contribution in [0.25, 0.3) is 10.9 Å². The summed E-state index contributed by atoms with van der Waals surface area (Å²) >= 11 is 3.46. The number of rotatable bonds is 3. The van der Waals surface area contributed by atoms with E-state index in [1.165, 1.54) is 0 Å². The number of aromatic amines is 1. The maximum atomic E-state index is 12.4. The van der Waals surface area contributed by atoms with E-state index < -0.39 is 0 Å². The molecule has 0 saturated carbocycles. The van der Waals surface area contributed by atoms with Crippen molar-refractivity contribution in [1.29, 1.82) is 0 Å². The zero-order chi connectivity index (χ0) is 14.8. The summed E-state index contributed by atoms with van der Waals surface area (Å²) in [6, 6.07) is 14.8. The average Bonchev–Trinajstić information content (AvgIpc) is 2.85. The van der Waals surface area contributed by atoms with E-state index in [0.717, 1.165) is 20.9 Å². The maximum absolute atomic E-state index is 12.4. The van der Waals surface area contributed by atoms with E-state index in [1.807, 2.05) is 24.3 Å². The van der Waals surface area contributed by atoms with Crippen LogP contribution in [0.2, 0.25) is 0 Å². The van der Waals surface area contributed by atoms with Crippen LogP contribution >= 0.6 is 15.9 Å². The predicted octanol–water partition coefficient (Wildman–Crippen LogP) is 3.68. The molecular formula is C16H13BrN2O2. The highest BCUT2D eigenvalue weighted by Crippen LogP contribution is 2.28. The van der Waals surface area contributed by atoms with E-state index in [0.29, 0.717) is 11.4 Å². The van der Waals surface area contributed by atoms with E-state index in [9.17, 15) is 4.79 Å². The standard InChI is InChI=1S/C16H13BrN2O2/c17-14-12-6-1-2-7-13(12)19-15(14)16(21)18-11-5-3-4-10(8-11)9-20/h1-8,19-20H,9H2,(H,18,21). The number of benzene rings is 2. The summed E-state index contributed by atoms with van der Waals surface area (Å²) in [4.78, 5) is 15.5. The summed E-state index contributed by atoms with van der Waals surface area (Å²) in [5.74, 6) is -0.229. The van der Waals surface area contributed by atoms with Gasteiger partial charge in [0.2, 0.25) is 0 Å². The van der Waals surface area contributed by atoms with Crippen molar-refractivity contribution in [2.75, 3.05) is 5.32 Å². The molecule has 0 aliphatic heterocycles. The predicted molar refractivity (Wildman–Crippen MR) is 86.3 cm³/mol. The number of fused-ring (bicyclic) bond motifs is 1. The molecule has 0 unspecified atom stereocenters. The van der Waals surface area contributed by atoms with Crippen LogP contribution in [0.4, 0.5) is 5.69 Å². The Morgan fingerprint density at radius 2 is 2.00 bits per heavy atom. The molecule has 0 radical (unpaired) electrons. The van der Waals surface area contributed by atoms with Crippen molar-refractivity contribution in [1.82, 2.24) is 4.98 Å². The lowest BCUT2D eigenvalue weighted by molar-refractivity contribution is 0.102. The number of carbonyl (C=O) groups excluding carboxylic acids is 1. The van der Waals surface area contributed by atoms with Gasteiger partial charge in [-0.1, -0.05) is 30.3 Å². The fraction of sp³-hybridized carbons (Fsp3) is 0.0625. The van der Waals surface area contributed by atoms with Gasteiger partial charge in [0.15, 0.2) is 0 Å². The minimum absolute atomic E-state index is 0.0558. The number of halogens is 1. The molecule has 1 aromatic heterocycles. The van der Waals surface area contributed by atoms with Crippen molar-refractivity contribution in [3.05, 3.63) is 64.3 Å². The topological polar surface area (TPSA) is 65.1 Å². The molecule has 4 nitrogen and oxygen atoms in total. The zero-order valence-corrected chi connectivity index (χ0v) is 12.6. The number of nitrogens with one attached hydrogen (secondary N) is 2. The largest absolute Gasteiger partial charge is 0.392 e. The summed E-state index contributed by atoms with van der Waals surface area (Å²) in [5.41, 5.74) is 2.78. The minimum atomic E-state index is -0.229. The van der Waals surface area contributed by atoms with Gasteiger partial charge in [0, 0.05) is 16.6 Å². The smallest absolute Gasteiger partial charge is 0.273 e. The van der Waals surface area contributed by atoms with Gasteiger partial charge in [-0.3, -0.25) is 4.79 Å². The molecule has 0 spiro atoms. The van der Waals surface area contributed by atoms with Crippen LogP contribution in [-0.2, 0) is 6.61 Å². The summed E-state index contributed by atoms with van der Waals surface area (Å²) in [7, 11) is 0. The summed E-state index contributed by atoms with van der Waals surface area (Å²) in [6.45, 7) is -0.0558. The average molecular weight is 345 g/mol. The van der Waals surface area contributed by atoms with Crippen LogP contribution in [-0.4, -0.2) is 16.0 Å². The second-order valence-corrected chi connectivity index (χ2v) is 5.47. The minimum Gasteiger partial charge on any atom is -0.392 e. The first kappa shape index (κ1) is 13.9. The third kappa shape index (κ3) is 2.70. The van der Waals surface area contributed by atoms with Gasteiger partial charge in [0.25, 0.3) is 5.91 Å². The monoisotopic (exact) mass is 344 g/mol. The van der Waals surface area contributed by atoms with Gasteiger partial charge in [-0.2, -0.15) is 0 Å². The van der Waals surface area contributed by atoms with Gasteiger partial charge < -0.3 is 15.4 Å². The highest BCUT2D eigenvalue weighted by atomic mass is 79.9. The van der Waals surface area contributed by atoms with Crippen LogP contribution in [0, 0.1) is 0 Å². The van der Waals surface area contributed by atoms with E-state index >= 15 is 0 Å². The summed E-state index contributed by atoms with van der Waals surface area (Å²) in [5, 5.41) is 12.9. The van der Waals surface area contributed by atoms with E-state index in [2.05, 4.69) is 26.2 Å². The normalized spacial score (nSPS) is 10.8. The molecule has 3 N–H and O–H groups in total. The van der Waals surface area contributed by atoms with Gasteiger partial charge >= 0.3 is 0 Å². The molecule has 3 rings (SSSR count). The first-order valence-electron chi connectivity index (χ1n) is 6.46. The van der Waals surface area contributed by atoms with Crippen molar-refractivity contribution < 1.29 is 9.90 Å². The Balaban J connectivity index is 1.91. The second-order valence-electron chi connectivity index (χ2n) is 4.67. The van der Waals surface area contributed by atoms with Gasteiger partial charge in [0.05, 0.1) is 11.1 Å². The molecule has 0 bridgehead atoms. The molecule has 1 heterocycles. The molecular weight excluding hydrogens is 332 g/mol. The van der Waals surface area contributed by atoms with Gasteiger partial charge in [0.1, 0.15) is 5.69 Å². The quantitative estimate of drug-likeness (QED) is 0.678. The third-order valence-corrected chi connectivity index (χ3v) is 4.06. The molecule has 3 aromatic rings. The molecule has 0 atom stereocenters. The fourth-order valence-corrected chi connectivity index (χ4v) is 2.83. The second kappa shape index (κ2) is 5.71. The number of aliphatic hydroxyl groups is 1. The van der Waals surface area contributed by atoms with Crippen molar-refractivity contribution in [3.63, 3.8) is 0 Å². The summed E-state index contributed by atoms with van der Waals surface area (Å²) < 4.78 is 0.744. The van der Waals surface area contributed by atoms with Crippen LogP contribution < -0.4 is 5.32 Å². The number of aromatic nitrogens is 1. The highest BCUT2D eigenvalue weighted by Gasteiger charge is 2.15. The first-order valence-corrected chi connectivity index (χ1v) is 7.25. The molecule has 5 heteroatoms. The Morgan fingerprint density at radius 1 is 1.19 bits per heavy atom. The van der Waals surface area contributed by atoms with Crippen molar-refractivity contribution in [2.24, 2.45) is 0 Å². The van der Waals surface area contributed by atoms with Crippen LogP contribution in [0.15, 0.2) is 53.0 Å². The van der Waals surface area contributed by atoms with Gasteiger partial charge in [-0.25, -0.2) is 0 Å². The van der Waals surface area contributed by atoms with E-state index in [4.69, 9.17) is 5.11 Å². The Kier molecular flexibility index (Phi) is 3.77. The lowest BCUT2D eigenvalue weighted by Crippen LogP contribution is -2.13. The first-order chi connectivity index (χ1) is 10.2. The number of hydrogen-bond acceptors (Lipinski definition) is 2. The molecule has 106 valence electrons. The van der Waals surface area contributed by atoms with Crippen molar-refractivity contribution >= 4 is 38.4 Å². The Labute approximate surface area is 129 Å². The van der Waals surface area contributed by atoms with Crippen LogP contribution in [0.5, 0.6) is 0 Å². The molecule has 1 amide bonds. The Morgan fingerprint density at radius 3 is 2.76 bits per heavy atom. The van der Waals surface area contributed by atoms with E-state index in [1.54, 1.807) is 24.3 Å². The molecule has 0 saturated heterocycles. The van der Waals surface area contributed by atoms with Gasteiger partial charge in [-0.05, 0) is 39.7 Å². The lowest BCUT2D eigenvalue weighted by Gasteiger charge is -2.05. The fourth-order valence-electron chi connectivity index (χ4n) is 2.21. The summed E-state index contributed by atoms with van der Waals surface area (Å²) in [6.07, 6.45) is 0.